The SMILES string of the molecule is Nc1ncnc2c1ncn2C[C@H](O)C(O)(CO)CO. The van der Waals surface area contributed by atoms with Crippen molar-refractivity contribution in [3.05, 3.63) is 12.7 Å². The number of nitrogens with zero attached hydrogens (tertiary/aromatic N) is 4. The number of fused-ring (bicyclic) bond motifs is 1. The van der Waals surface area contributed by atoms with Crippen LogP contribution in [0.25, 0.3) is 11.2 Å². The van der Waals surface area contributed by atoms with Crippen molar-refractivity contribution in [1.29, 1.82) is 0 Å². The molecular weight excluding hydrogens is 254 g/mol. The monoisotopic (exact) mass is 269 g/mol. The molecule has 2 heterocycles. The van der Waals surface area contributed by atoms with Crippen LogP contribution in [0, 0.1) is 0 Å². The molecule has 0 aliphatic carbocycles. The van der Waals surface area contributed by atoms with Gasteiger partial charge in [0, 0.05) is 0 Å². The van der Waals surface area contributed by atoms with Crippen LogP contribution in [-0.4, -0.2) is 64.9 Å². The van der Waals surface area contributed by atoms with E-state index in [-0.39, 0.29) is 12.4 Å². The molecule has 0 aromatic carbocycles. The van der Waals surface area contributed by atoms with Crippen molar-refractivity contribution in [3.8, 4) is 0 Å². The Morgan fingerprint density at radius 3 is 2.58 bits per heavy atom. The van der Waals surface area contributed by atoms with Crippen LogP contribution in [0.5, 0.6) is 0 Å². The van der Waals surface area contributed by atoms with E-state index < -0.39 is 24.9 Å². The maximum absolute atomic E-state index is 9.88. The molecule has 1 atom stereocenters. The Morgan fingerprint density at radius 1 is 1.26 bits per heavy atom. The van der Waals surface area contributed by atoms with E-state index in [0.717, 1.165) is 0 Å². The van der Waals surface area contributed by atoms with E-state index in [1.54, 1.807) is 0 Å². The lowest BCUT2D eigenvalue weighted by atomic mass is 9.99. The van der Waals surface area contributed by atoms with Gasteiger partial charge in [0.15, 0.2) is 11.5 Å². The summed E-state index contributed by atoms with van der Waals surface area (Å²) >= 11 is 0. The topological polar surface area (TPSA) is 151 Å². The Labute approximate surface area is 108 Å². The van der Waals surface area contributed by atoms with Crippen molar-refractivity contribution in [2.75, 3.05) is 18.9 Å². The fourth-order valence-corrected chi connectivity index (χ4v) is 1.65. The van der Waals surface area contributed by atoms with Crippen molar-refractivity contribution >= 4 is 17.0 Å². The van der Waals surface area contributed by atoms with Gasteiger partial charge in [-0.25, -0.2) is 15.0 Å². The van der Waals surface area contributed by atoms with Crippen LogP contribution >= 0.6 is 0 Å². The zero-order valence-electron chi connectivity index (χ0n) is 10.0. The molecule has 0 amide bonds. The van der Waals surface area contributed by atoms with E-state index in [4.69, 9.17) is 15.9 Å². The lowest BCUT2D eigenvalue weighted by molar-refractivity contribution is -0.134. The molecule has 0 bridgehead atoms. The molecule has 104 valence electrons. The number of aromatic nitrogens is 4. The van der Waals surface area contributed by atoms with Gasteiger partial charge in [-0.15, -0.1) is 0 Å². The highest BCUT2D eigenvalue weighted by atomic mass is 16.4. The normalized spacial score (nSPS) is 13.9. The number of aliphatic hydroxyl groups is 4. The van der Waals surface area contributed by atoms with Gasteiger partial charge in [0.05, 0.1) is 26.1 Å². The summed E-state index contributed by atoms with van der Waals surface area (Å²) in [5.74, 6) is 0.206. The molecule has 2 aromatic heterocycles. The average Bonchev–Trinajstić information content (AvgIpc) is 2.82. The standard InChI is InChI=1S/C10H15N5O4/c11-8-7-9(13-4-12-8)15(5-14-7)1-6(18)10(19,2-16)3-17/h4-6,16-19H,1-3H2,(H2,11,12,13)/t6-/m0/s1. The van der Waals surface area contributed by atoms with E-state index >= 15 is 0 Å². The molecule has 19 heavy (non-hydrogen) atoms. The zero-order chi connectivity index (χ0) is 14.0. The van der Waals surface area contributed by atoms with Crippen molar-refractivity contribution in [2.45, 2.75) is 18.2 Å². The fourth-order valence-electron chi connectivity index (χ4n) is 1.65. The van der Waals surface area contributed by atoms with Gasteiger partial charge in [0.2, 0.25) is 0 Å². The summed E-state index contributed by atoms with van der Waals surface area (Å²) in [7, 11) is 0. The summed E-state index contributed by atoms with van der Waals surface area (Å²) in [4.78, 5) is 11.8. The molecule has 0 fully saturated rings. The highest BCUT2D eigenvalue weighted by Crippen LogP contribution is 2.17. The predicted octanol–water partition coefficient (Wildman–Crippen LogP) is -2.51. The molecular formula is C10H15N5O4. The van der Waals surface area contributed by atoms with Crippen molar-refractivity contribution < 1.29 is 20.4 Å². The second-order valence-electron chi connectivity index (χ2n) is 4.26. The van der Waals surface area contributed by atoms with E-state index in [0.29, 0.717) is 11.2 Å². The third kappa shape index (κ3) is 2.36. The Balaban J connectivity index is 2.29. The summed E-state index contributed by atoms with van der Waals surface area (Å²) in [6.45, 7) is -1.65. The Hall–Kier alpha value is -1.81. The molecule has 0 spiro atoms. The predicted molar refractivity (Wildman–Crippen MR) is 64.9 cm³/mol. The van der Waals surface area contributed by atoms with Crippen molar-refractivity contribution in [2.24, 2.45) is 0 Å². The van der Waals surface area contributed by atoms with E-state index in [1.807, 2.05) is 0 Å². The van der Waals surface area contributed by atoms with E-state index in [9.17, 15) is 10.2 Å². The van der Waals surface area contributed by atoms with Gasteiger partial charge in [0.1, 0.15) is 23.5 Å². The number of anilines is 1. The fraction of sp³-hybridized carbons (Fsp3) is 0.500. The summed E-state index contributed by atoms with van der Waals surface area (Å²) in [6, 6.07) is 0. The highest BCUT2D eigenvalue weighted by Gasteiger charge is 2.35. The number of hydrogen-bond acceptors (Lipinski definition) is 8. The second kappa shape index (κ2) is 5.05. The van der Waals surface area contributed by atoms with Gasteiger partial charge in [-0.2, -0.15) is 0 Å². The summed E-state index contributed by atoms with van der Waals surface area (Å²) in [5.41, 5.74) is 4.40. The van der Waals surface area contributed by atoms with Gasteiger partial charge >= 0.3 is 0 Å². The van der Waals surface area contributed by atoms with Gasteiger partial charge in [-0.1, -0.05) is 0 Å². The maximum atomic E-state index is 9.88. The van der Waals surface area contributed by atoms with Gasteiger partial charge in [-0.3, -0.25) is 0 Å². The molecule has 6 N–H and O–H groups in total. The van der Waals surface area contributed by atoms with Crippen LogP contribution in [0.3, 0.4) is 0 Å². The molecule has 2 rings (SSSR count). The van der Waals surface area contributed by atoms with Crippen molar-refractivity contribution in [3.63, 3.8) is 0 Å². The van der Waals surface area contributed by atoms with E-state index in [1.165, 1.54) is 17.2 Å². The number of nitrogens with two attached hydrogens (primary N) is 1. The quantitative estimate of drug-likeness (QED) is 0.399. The number of imidazole rings is 1. The van der Waals surface area contributed by atoms with Gasteiger partial charge < -0.3 is 30.7 Å². The highest BCUT2D eigenvalue weighted by molar-refractivity contribution is 5.81. The van der Waals surface area contributed by atoms with Crippen LogP contribution in [-0.2, 0) is 6.54 Å². The van der Waals surface area contributed by atoms with Gasteiger partial charge in [-0.05, 0) is 0 Å². The van der Waals surface area contributed by atoms with Crippen LogP contribution < -0.4 is 5.73 Å². The van der Waals surface area contributed by atoms with Crippen LogP contribution in [0.2, 0.25) is 0 Å². The van der Waals surface area contributed by atoms with E-state index in [2.05, 4.69) is 15.0 Å². The maximum Gasteiger partial charge on any atom is 0.165 e. The third-order valence-electron chi connectivity index (χ3n) is 2.97. The molecule has 2 aromatic rings. The Bertz CT molecular complexity index is 568. The molecule has 0 saturated carbocycles. The minimum absolute atomic E-state index is 0.107. The molecule has 0 radical (unpaired) electrons. The Kier molecular flexibility index (Phi) is 3.62. The third-order valence-corrected chi connectivity index (χ3v) is 2.97. The molecule has 9 nitrogen and oxygen atoms in total. The number of aliphatic hydroxyl groups excluding tert-OH is 3. The zero-order valence-corrected chi connectivity index (χ0v) is 10.0. The summed E-state index contributed by atoms with van der Waals surface area (Å²) in [6.07, 6.45) is 1.25. The smallest absolute Gasteiger partial charge is 0.165 e. The van der Waals surface area contributed by atoms with Gasteiger partial charge in [0.25, 0.3) is 0 Å². The van der Waals surface area contributed by atoms with Crippen LogP contribution in [0.15, 0.2) is 12.7 Å². The van der Waals surface area contributed by atoms with Crippen LogP contribution in [0.1, 0.15) is 0 Å². The second-order valence-corrected chi connectivity index (χ2v) is 4.26. The summed E-state index contributed by atoms with van der Waals surface area (Å²) in [5, 5.41) is 37.7. The first-order valence-corrected chi connectivity index (χ1v) is 5.55. The minimum atomic E-state index is -1.99. The Morgan fingerprint density at radius 2 is 1.95 bits per heavy atom. The lowest BCUT2D eigenvalue weighted by Gasteiger charge is -2.29. The minimum Gasteiger partial charge on any atom is -0.393 e. The molecule has 0 aliphatic rings. The number of nitrogen functional groups attached to an aromatic ring is 1. The molecule has 0 saturated heterocycles. The number of rotatable bonds is 5. The van der Waals surface area contributed by atoms with Crippen molar-refractivity contribution in [1.82, 2.24) is 19.5 Å². The molecule has 0 unspecified atom stereocenters. The number of hydrogen-bond donors (Lipinski definition) is 5. The first kappa shape index (κ1) is 13.6. The molecule has 0 aliphatic heterocycles. The van der Waals surface area contributed by atoms with Crippen LogP contribution in [0.4, 0.5) is 5.82 Å². The first-order valence-electron chi connectivity index (χ1n) is 5.55. The largest absolute Gasteiger partial charge is 0.393 e. The molecule has 9 heteroatoms. The summed E-state index contributed by atoms with van der Waals surface area (Å²) < 4.78 is 1.45. The average molecular weight is 269 g/mol. The lowest BCUT2D eigenvalue weighted by Crippen LogP contribution is -2.50. The first-order chi connectivity index (χ1) is 9.01.